The minimum absolute atomic E-state index is 0.139. The van der Waals surface area contributed by atoms with Gasteiger partial charge in [-0.2, -0.15) is 0 Å². The third-order valence-electron chi connectivity index (χ3n) is 3.74. The Bertz CT molecular complexity index is 483. The highest BCUT2D eigenvalue weighted by Gasteiger charge is 2.18. The van der Waals surface area contributed by atoms with Crippen molar-refractivity contribution in [2.45, 2.75) is 32.3 Å². The number of carboxylic acid groups (broad SMARTS) is 1. The molecular weight excluding hydrogens is 270 g/mol. The number of rotatable bonds is 6. The number of hydrogen-bond acceptors (Lipinski definition) is 4. The van der Waals surface area contributed by atoms with Crippen molar-refractivity contribution in [2.24, 2.45) is 5.92 Å². The maximum atomic E-state index is 11.0. The van der Waals surface area contributed by atoms with Crippen LogP contribution in [0.1, 0.15) is 25.3 Å². The summed E-state index contributed by atoms with van der Waals surface area (Å²) in [6.45, 7) is 3.57. The lowest BCUT2D eigenvalue weighted by Crippen LogP contribution is -2.37. The number of methoxy groups -OCH3 is 1. The van der Waals surface area contributed by atoms with Gasteiger partial charge in [-0.05, 0) is 43.5 Å². The molecule has 0 saturated carbocycles. The van der Waals surface area contributed by atoms with Crippen molar-refractivity contribution in [3.63, 3.8) is 0 Å². The van der Waals surface area contributed by atoms with E-state index in [1.54, 1.807) is 14.0 Å². The van der Waals surface area contributed by atoms with Gasteiger partial charge in [-0.3, -0.25) is 4.79 Å². The van der Waals surface area contributed by atoms with E-state index >= 15 is 0 Å². The summed E-state index contributed by atoms with van der Waals surface area (Å²) in [7, 11) is 1.61. The van der Waals surface area contributed by atoms with Gasteiger partial charge in [0.1, 0.15) is 6.10 Å². The first-order valence-electron chi connectivity index (χ1n) is 7.37. The molecule has 1 aliphatic heterocycles. The van der Waals surface area contributed by atoms with Crippen LogP contribution in [0.15, 0.2) is 18.2 Å². The van der Waals surface area contributed by atoms with Gasteiger partial charge >= 0.3 is 5.97 Å². The second-order valence-electron chi connectivity index (χ2n) is 5.51. The molecule has 1 aromatic rings. The summed E-state index contributed by atoms with van der Waals surface area (Å²) in [4.78, 5) is 11.0. The first-order chi connectivity index (χ1) is 10.1. The molecule has 0 bridgehead atoms. The summed E-state index contributed by atoms with van der Waals surface area (Å²) in [6.07, 6.45) is 2.74. The fourth-order valence-electron chi connectivity index (χ4n) is 2.48. The molecule has 116 valence electrons. The van der Waals surface area contributed by atoms with Gasteiger partial charge in [0.15, 0.2) is 11.5 Å². The predicted molar refractivity (Wildman–Crippen MR) is 80.0 cm³/mol. The standard InChI is InChI=1S/C16H23NO4/c1-11(16(18)19)8-12-5-6-14(20-2)15(9-12)21-13-4-3-7-17-10-13/h5-6,9,11,13,17H,3-4,7-8,10H2,1-2H3,(H,18,19). The van der Waals surface area contributed by atoms with Crippen LogP contribution in [0.5, 0.6) is 11.5 Å². The van der Waals surface area contributed by atoms with E-state index in [9.17, 15) is 4.79 Å². The van der Waals surface area contributed by atoms with Crippen LogP contribution in [0.2, 0.25) is 0 Å². The molecule has 2 atom stereocenters. The van der Waals surface area contributed by atoms with Crippen molar-refractivity contribution in [3.8, 4) is 11.5 Å². The molecule has 1 fully saturated rings. The Morgan fingerprint density at radius 3 is 2.90 bits per heavy atom. The largest absolute Gasteiger partial charge is 0.493 e. The molecule has 1 heterocycles. The first kappa shape index (κ1) is 15.6. The Morgan fingerprint density at radius 1 is 1.48 bits per heavy atom. The van der Waals surface area contributed by atoms with Gasteiger partial charge in [0, 0.05) is 6.54 Å². The van der Waals surface area contributed by atoms with E-state index in [1.807, 2.05) is 18.2 Å². The summed E-state index contributed by atoms with van der Waals surface area (Å²) in [5.41, 5.74) is 0.949. The Kier molecular flexibility index (Phi) is 5.44. The third-order valence-corrected chi connectivity index (χ3v) is 3.74. The average molecular weight is 293 g/mol. The van der Waals surface area contributed by atoms with E-state index in [0.717, 1.165) is 31.5 Å². The van der Waals surface area contributed by atoms with E-state index in [4.69, 9.17) is 14.6 Å². The summed E-state index contributed by atoms with van der Waals surface area (Å²) in [5.74, 6) is 0.181. The van der Waals surface area contributed by atoms with Crippen LogP contribution >= 0.6 is 0 Å². The van der Waals surface area contributed by atoms with Gasteiger partial charge in [-0.25, -0.2) is 0 Å². The maximum absolute atomic E-state index is 11.0. The number of hydrogen-bond donors (Lipinski definition) is 2. The molecule has 0 radical (unpaired) electrons. The van der Waals surface area contributed by atoms with Gasteiger partial charge in [0.2, 0.25) is 0 Å². The number of benzene rings is 1. The SMILES string of the molecule is COc1ccc(CC(C)C(=O)O)cc1OC1CCCNC1. The normalized spacial score (nSPS) is 19.8. The van der Waals surface area contributed by atoms with Crippen LogP contribution in [0, 0.1) is 5.92 Å². The van der Waals surface area contributed by atoms with E-state index in [1.165, 1.54) is 0 Å². The fourth-order valence-corrected chi connectivity index (χ4v) is 2.48. The number of carboxylic acids is 1. The molecule has 21 heavy (non-hydrogen) atoms. The Balaban J connectivity index is 2.11. The highest BCUT2D eigenvalue weighted by Crippen LogP contribution is 2.30. The fraction of sp³-hybridized carbons (Fsp3) is 0.562. The van der Waals surface area contributed by atoms with Gasteiger partial charge in [0.05, 0.1) is 13.0 Å². The monoisotopic (exact) mass is 293 g/mol. The van der Waals surface area contributed by atoms with Gasteiger partial charge in [-0.1, -0.05) is 13.0 Å². The molecule has 2 N–H and O–H groups in total. The van der Waals surface area contributed by atoms with Crippen molar-refractivity contribution < 1.29 is 19.4 Å². The Labute approximate surface area is 125 Å². The van der Waals surface area contributed by atoms with Crippen LogP contribution in [-0.4, -0.2) is 37.4 Å². The van der Waals surface area contributed by atoms with Crippen molar-refractivity contribution in [3.05, 3.63) is 23.8 Å². The zero-order chi connectivity index (χ0) is 15.2. The maximum Gasteiger partial charge on any atom is 0.306 e. The zero-order valence-electron chi connectivity index (χ0n) is 12.6. The van der Waals surface area contributed by atoms with Crippen molar-refractivity contribution in [1.82, 2.24) is 5.32 Å². The zero-order valence-corrected chi connectivity index (χ0v) is 12.6. The van der Waals surface area contributed by atoms with Crippen LogP contribution < -0.4 is 14.8 Å². The molecule has 1 aliphatic rings. The predicted octanol–water partition coefficient (Wildman–Crippen LogP) is 2.09. The molecular formula is C16H23NO4. The molecule has 0 aromatic heterocycles. The molecule has 0 amide bonds. The van der Waals surface area contributed by atoms with Crippen molar-refractivity contribution >= 4 is 5.97 Å². The number of ether oxygens (including phenoxy) is 2. The molecule has 1 saturated heterocycles. The minimum atomic E-state index is -0.787. The number of carbonyl (C=O) groups is 1. The van der Waals surface area contributed by atoms with Crippen LogP contribution in [0.25, 0.3) is 0 Å². The Morgan fingerprint density at radius 2 is 2.29 bits per heavy atom. The minimum Gasteiger partial charge on any atom is -0.493 e. The molecule has 1 aromatic carbocycles. The summed E-state index contributed by atoms with van der Waals surface area (Å²) in [6, 6.07) is 5.63. The topological polar surface area (TPSA) is 67.8 Å². The van der Waals surface area contributed by atoms with E-state index in [0.29, 0.717) is 17.9 Å². The molecule has 5 nitrogen and oxygen atoms in total. The van der Waals surface area contributed by atoms with E-state index in [2.05, 4.69) is 5.32 Å². The number of aliphatic carboxylic acids is 1. The number of piperidine rings is 1. The van der Waals surface area contributed by atoms with Crippen LogP contribution in [0.3, 0.4) is 0 Å². The second kappa shape index (κ2) is 7.31. The summed E-state index contributed by atoms with van der Waals surface area (Å²) < 4.78 is 11.4. The molecule has 5 heteroatoms. The van der Waals surface area contributed by atoms with E-state index < -0.39 is 11.9 Å². The molecule has 0 aliphatic carbocycles. The summed E-state index contributed by atoms with van der Waals surface area (Å²) >= 11 is 0. The lowest BCUT2D eigenvalue weighted by molar-refractivity contribution is -0.141. The molecule has 2 unspecified atom stereocenters. The third kappa shape index (κ3) is 4.36. The quantitative estimate of drug-likeness (QED) is 0.840. The van der Waals surface area contributed by atoms with Gasteiger partial charge in [-0.15, -0.1) is 0 Å². The van der Waals surface area contributed by atoms with Gasteiger partial charge in [0.25, 0.3) is 0 Å². The van der Waals surface area contributed by atoms with Crippen molar-refractivity contribution in [2.75, 3.05) is 20.2 Å². The summed E-state index contributed by atoms with van der Waals surface area (Å²) in [5, 5.41) is 12.3. The highest BCUT2D eigenvalue weighted by molar-refractivity contribution is 5.70. The lowest BCUT2D eigenvalue weighted by atomic mass is 10.0. The van der Waals surface area contributed by atoms with Crippen LogP contribution in [-0.2, 0) is 11.2 Å². The average Bonchev–Trinajstić information content (AvgIpc) is 2.48. The van der Waals surface area contributed by atoms with Crippen LogP contribution in [0.4, 0.5) is 0 Å². The van der Waals surface area contributed by atoms with Gasteiger partial charge < -0.3 is 19.9 Å². The smallest absolute Gasteiger partial charge is 0.306 e. The number of nitrogens with one attached hydrogen (secondary N) is 1. The second-order valence-corrected chi connectivity index (χ2v) is 5.51. The first-order valence-corrected chi connectivity index (χ1v) is 7.37. The van der Waals surface area contributed by atoms with E-state index in [-0.39, 0.29) is 6.10 Å². The molecule has 2 rings (SSSR count). The molecule has 0 spiro atoms. The van der Waals surface area contributed by atoms with Crippen molar-refractivity contribution in [1.29, 1.82) is 0 Å². The Hall–Kier alpha value is -1.75. The highest BCUT2D eigenvalue weighted by atomic mass is 16.5. The lowest BCUT2D eigenvalue weighted by Gasteiger charge is -2.25.